The van der Waals surface area contributed by atoms with Gasteiger partial charge in [-0.3, -0.25) is 29.9 Å². The predicted octanol–water partition coefficient (Wildman–Crippen LogP) is 9.54. The van der Waals surface area contributed by atoms with Crippen molar-refractivity contribution in [2.75, 3.05) is 0 Å². The van der Waals surface area contributed by atoms with Crippen LogP contribution >= 0.6 is 0 Å². The minimum Gasteiger partial charge on any atom is -0.260 e. The van der Waals surface area contributed by atoms with Gasteiger partial charge in [0.25, 0.3) is 0 Å². The van der Waals surface area contributed by atoms with Crippen LogP contribution in [0.2, 0.25) is 0 Å². The summed E-state index contributed by atoms with van der Waals surface area (Å²) in [5.74, 6) is -0.436. The Morgan fingerprint density at radius 2 is 0.673 bits per heavy atom. The molecule has 0 aliphatic rings. The molecule has 0 bridgehead atoms. The van der Waals surface area contributed by atoms with E-state index in [-0.39, 0.29) is 11.8 Å². The molecule has 6 heterocycles. The molecule has 0 amide bonds. The van der Waals surface area contributed by atoms with Crippen LogP contribution in [-0.4, -0.2) is 29.9 Å². The molecular weight excluding hydrogens is 637 g/mol. The van der Waals surface area contributed by atoms with Crippen LogP contribution in [0.15, 0.2) is 182 Å². The average Bonchev–Trinajstić information content (AvgIpc) is 3.22. The standard InChI is InChI=1S/C46H36N6/c1-3-15-33(16-4-1)37-23-13-27-43(51-37)45(39-21-7-9-31-47-39)41-25-11-19-35(49-41)29-30-36-20-12-26-42(50-36)46(40-22-8-10-32-48-40)44-28-14-24-38(52-44)34-17-5-2-6-18-34/h1-28,31-32,45-46H,29-30H2/t45-,46-/m1/s1. The van der Waals surface area contributed by atoms with Gasteiger partial charge in [0, 0.05) is 34.9 Å². The fourth-order valence-electron chi connectivity index (χ4n) is 6.62. The van der Waals surface area contributed by atoms with Crippen LogP contribution in [0.5, 0.6) is 0 Å². The molecule has 0 aliphatic heterocycles. The molecule has 8 rings (SSSR count). The smallest absolute Gasteiger partial charge is 0.0858 e. The molecule has 250 valence electrons. The van der Waals surface area contributed by atoms with Gasteiger partial charge in [-0.15, -0.1) is 0 Å². The van der Waals surface area contributed by atoms with E-state index in [1.165, 1.54) is 0 Å². The maximum absolute atomic E-state index is 5.21. The van der Waals surface area contributed by atoms with Crippen LogP contribution in [-0.2, 0) is 12.8 Å². The van der Waals surface area contributed by atoms with Gasteiger partial charge in [-0.2, -0.15) is 0 Å². The topological polar surface area (TPSA) is 77.3 Å². The molecule has 0 fully saturated rings. The number of nitrogens with zero attached hydrogens (tertiary/aromatic N) is 6. The maximum atomic E-state index is 5.21. The number of hydrogen-bond donors (Lipinski definition) is 0. The molecular formula is C46H36N6. The predicted molar refractivity (Wildman–Crippen MR) is 206 cm³/mol. The highest BCUT2D eigenvalue weighted by Gasteiger charge is 2.23. The highest BCUT2D eigenvalue weighted by molar-refractivity contribution is 5.60. The second-order valence-electron chi connectivity index (χ2n) is 12.6. The lowest BCUT2D eigenvalue weighted by molar-refractivity contribution is 0.793. The van der Waals surface area contributed by atoms with Crippen LogP contribution in [0.1, 0.15) is 57.4 Å². The molecule has 0 aliphatic carbocycles. The van der Waals surface area contributed by atoms with E-state index in [1.54, 1.807) is 0 Å². The second kappa shape index (κ2) is 15.5. The number of benzene rings is 2. The summed E-state index contributed by atoms with van der Waals surface area (Å²) in [6, 6.07) is 57.4. The molecule has 0 radical (unpaired) electrons. The van der Waals surface area contributed by atoms with Crippen molar-refractivity contribution < 1.29 is 0 Å². The van der Waals surface area contributed by atoms with E-state index in [9.17, 15) is 0 Å². The first-order valence-electron chi connectivity index (χ1n) is 17.6. The van der Waals surface area contributed by atoms with Gasteiger partial charge in [-0.1, -0.05) is 97.1 Å². The fraction of sp³-hybridized carbons (Fsp3) is 0.0870. The molecule has 6 aromatic heterocycles. The van der Waals surface area contributed by atoms with Crippen LogP contribution < -0.4 is 0 Å². The van der Waals surface area contributed by atoms with E-state index >= 15 is 0 Å². The maximum Gasteiger partial charge on any atom is 0.0858 e. The summed E-state index contributed by atoms with van der Waals surface area (Å²) in [6.07, 6.45) is 5.12. The molecule has 2 aromatic carbocycles. The highest BCUT2D eigenvalue weighted by atomic mass is 14.8. The Labute approximate surface area is 304 Å². The average molecular weight is 673 g/mol. The van der Waals surface area contributed by atoms with Gasteiger partial charge in [0.1, 0.15) is 0 Å². The van der Waals surface area contributed by atoms with Gasteiger partial charge in [0.15, 0.2) is 0 Å². The third-order valence-electron chi connectivity index (χ3n) is 9.12. The monoisotopic (exact) mass is 672 g/mol. The molecule has 0 spiro atoms. The third kappa shape index (κ3) is 7.42. The van der Waals surface area contributed by atoms with Crippen LogP contribution in [0, 0.1) is 0 Å². The molecule has 6 nitrogen and oxygen atoms in total. The molecule has 2 atom stereocenters. The van der Waals surface area contributed by atoms with Crippen molar-refractivity contribution in [2.45, 2.75) is 24.7 Å². The van der Waals surface area contributed by atoms with E-state index < -0.39 is 0 Å². The molecule has 52 heavy (non-hydrogen) atoms. The first-order chi connectivity index (χ1) is 25.8. The van der Waals surface area contributed by atoms with E-state index in [0.29, 0.717) is 0 Å². The summed E-state index contributed by atoms with van der Waals surface area (Å²) in [5.41, 5.74) is 11.4. The number of aryl methyl sites for hydroxylation is 2. The summed E-state index contributed by atoms with van der Waals surface area (Å²) < 4.78 is 0. The number of rotatable bonds is 11. The number of hydrogen-bond acceptors (Lipinski definition) is 6. The lowest BCUT2D eigenvalue weighted by atomic mass is 9.94. The summed E-state index contributed by atoms with van der Waals surface area (Å²) in [4.78, 5) is 30.2. The van der Waals surface area contributed by atoms with Gasteiger partial charge in [0.05, 0.1) is 57.4 Å². The minimum atomic E-state index is -0.218. The van der Waals surface area contributed by atoms with E-state index in [1.807, 2.05) is 97.3 Å². The number of aromatic nitrogens is 6. The highest BCUT2D eigenvalue weighted by Crippen LogP contribution is 2.32. The Morgan fingerprint density at radius 1 is 0.308 bits per heavy atom. The molecule has 0 N–H and O–H groups in total. The van der Waals surface area contributed by atoms with Gasteiger partial charge in [0.2, 0.25) is 0 Å². The van der Waals surface area contributed by atoms with Crippen LogP contribution in [0.3, 0.4) is 0 Å². The van der Waals surface area contributed by atoms with Crippen molar-refractivity contribution in [1.29, 1.82) is 0 Å². The van der Waals surface area contributed by atoms with Crippen LogP contribution in [0.4, 0.5) is 0 Å². The molecule has 0 unspecified atom stereocenters. The van der Waals surface area contributed by atoms with Crippen molar-refractivity contribution in [1.82, 2.24) is 29.9 Å². The lowest BCUT2D eigenvalue weighted by Gasteiger charge is -2.18. The summed E-state index contributed by atoms with van der Waals surface area (Å²) in [7, 11) is 0. The van der Waals surface area contributed by atoms with E-state index in [0.717, 1.165) is 80.9 Å². The zero-order valence-electron chi connectivity index (χ0n) is 28.6. The molecule has 6 heteroatoms. The Hall–Kier alpha value is -6.66. The van der Waals surface area contributed by atoms with Crippen molar-refractivity contribution >= 4 is 0 Å². The zero-order chi connectivity index (χ0) is 35.0. The fourth-order valence-corrected chi connectivity index (χ4v) is 6.62. The molecule has 0 saturated carbocycles. The van der Waals surface area contributed by atoms with Gasteiger partial charge < -0.3 is 0 Å². The van der Waals surface area contributed by atoms with Crippen molar-refractivity contribution in [3.63, 3.8) is 0 Å². The first kappa shape index (κ1) is 32.5. The minimum absolute atomic E-state index is 0.218. The van der Waals surface area contributed by atoms with Gasteiger partial charge >= 0.3 is 0 Å². The SMILES string of the molecule is c1ccc(-c2cccc([C@H](c3ccccn3)c3cccc(CCc4cccc([C@@H](c5ccccn5)c5cccc(-c6ccccc6)n5)n4)n3)n2)cc1. The largest absolute Gasteiger partial charge is 0.260 e. The Kier molecular flexibility index (Phi) is 9.69. The Morgan fingerprint density at radius 3 is 1.08 bits per heavy atom. The molecule has 0 saturated heterocycles. The Bertz CT molecular complexity index is 2200. The normalized spacial score (nSPS) is 12.2. The molecule has 8 aromatic rings. The van der Waals surface area contributed by atoms with Crippen molar-refractivity contribution in [2.24, 2.45) is 0 Å². The first-order valence-corrected chi connectivity index (χ1v) is 17.6. The lowest BCUT2D eigenvalue weighted by Crippen LogP contribution is -2.12. The third-order valence-corrected chi connectivity index (χ3v) is 9.12. The zero-order valence-corrected chi connectivity index (χ0v) is 28.6. The van der Waals surface area contributed by atoms with E-state index in [2.05, 4.69) is 84.9 Å². The quantitative estimate of drug-likeness (QED) is 0.136. The number of pyridine rings is 6. The summed E-state index contributed by atoms with van der Waals surface area (Å²) >= 11 is 0. The van der Waals surface area contributed by atoms with Crippen molar-refractivity contribution in [3.8, 4) is 22.5 Å². The Balaban J connectivity index is 1.08. The van der Waals surface area contributed by atoms with Gasteiger partial charge in [-0.05, 0) is 85.6 Å². The van der Waals surface area contributed by atoms with Gasteiger partial charge in [-0.25, -0.2) is 0 Å². The summed E-state index contributed by atoms with van der Waals surface area (Å²) in [5, 5.41) is 0. The summed E-state index contributed by atoms with van der Waals surface area (Å²) in [6.45, 7) is 0. The second-order valence-corrected chi connectivity index (χ2v) is 12.6. The van der Waals surface area contributed by atoms with Crippen molar-refractivity contribution in [3.05, 3.63) is 228 Å². The van der Waals surface area contributed by atoms with E-state index in [4.69, 9.17) is 29.9 Å². The van der Waals surface area contributed by atoms with Crippen LogP contribution in [0.25, 0.3) is 22.5 Å².